The maximum atomic E-state index is 8.57. The molecule has 0 spiro atoms. The molecular weight excluding hydrogens is 697 g/mol. The van der Waals surface area contributed by atoms with Crippen LogP contribution in [0.15, 0.2) is 212 Å². The van der Waals surface area contributed by atoms with Crippen LogP contribution in [0.1, 0.15) is 70.1 Å². The summed E-state index contributed by atoms with van der Waals surface area (Å²) in [7, 11) is -0.130. The molecule has 2 aromatic carbocycles. The summed E-state index contributed by atoms with van der Waals surface area (Å²) in [5.74, 6) is 5.49. The van der Waals surface area contributed by atoms with Crippen molar-refractivity contribution in [3.05, 3.63) is 228 Å². The third-order valence-electron chi connectivity index (χ3n) is 10.6. The predicted octanol–water partition coefficient (Wildman–Crippen LogP) is 14.2. The lowest BCUT2D eigenvalue weighted by Crippen LogP contribution is -2.26. The first-order valence-electron chi connectivity index (χ1n) is 19.5. The van der Waals surface area contributed by atoms with Crippen molar-refractivity contribution in [2.45, 2.75) is 70.5 Å². The van der Waals surface area contributed by atoms with Crippen molar-refractivity contribution in [3.63, 3.8) is 0 Å². The molecule has 6 rings (SSSR count). The molecule has 3 unspecified atom stereocenters. The van der Waals surface area contributed by atoms with Crippen molar-refractivity contribution < 1.29 is 0 Å². The molecule has 4 aliphatic carbocycles. The smallest absolute Gasteiger partial charge is 0.0615 e. The molecule has 0 heterocycles. The van der Waals surface area contributed by atoms with Crippen LogP contribution in [0.5, 0.6) is 0 Å². The van der Waals surface area contributed by atoms with E-state index in [9.17, 15) is 0 Å². The number of nitrogens with one attached hydrogen (secondary N) is 2. The molecule has 0 saturated heterocycles. The molecule has 2 N–H and O–H groups in total. The van der Waals surface area contributed by atoms with Gasteiger partial charge in [-0.2, -0.15) is 10.5 Å². The molecular formula is C53H62N2S. The van der Waals surface area contributed by atoms with Gasteiger partial charge in [-0.25, -0.2) is 0 Å². The van der Waals surface area contributed by atoms with Gasteiger partial charge in [0.05, 0.1) is 11.4 Å². The normalized spacial score (nSPS) is 19.2. The summed E-state index contributed by atoms with van der Waals surface area (Å²) in [6, 6.07) is 19.8. The van der Waals surface area contributed by atoms with Crippen molar-refractivity contribution in [2.75, 3.05) is 5.75 Å². The zero-order chi connectivity index (χ0) is 41.4. The summed E-state index contributed by atoms with van der Waals surface area (Å²) in [5.41, 5.74) is 14.3. The quantitative estimate of drug-likeness (QED) is 0.138. The van der Waals surface area contributed by atoms with Gasteiger partial charge in [-0.15, -0.1) is 26.3 Å². The molecule has 0 bridgehead atoms. The maximum Gasteiger partial charge on any atom is 0.0615 e. The molecule has 0 aromatic heterocycles. The molecule has 0 aliphatic heterocycles. The molecule has 56 heavy (non-hydrogen) atoms. The topological polar surface area (TPSA) is 47.7 Å². The highest BCUT2D eigenvalue weighted by Gasteiger charge is 2.32. The molecule has 2 nitrogen and oxygen atoms in total. The summed E-state index contributed by atoms with van der Waals surface area (Å²) < 4.78 is 0. The van der Waals surface area contributed by atoms with Crippen LogP contribution in [0.3, 0.4) is 0 Å². The summed E-state index contributed by atoms with van der Waals surface area (Å²) in [6.07, 6.45) is 26.2. The van der Waals surface area contributed by atoms with Crippen molar-refractivity contribution in [1.82, 2.24) is 0 Å². The lowest BCUT2D eigenvalue weighted by atomic mass is 9.70. The van der Waals surface area contributed by atoms with Gasteiger partial charge in [-0.3, -0.25) is 0 Å². The van der Waals surface area contributed by atoms with Gasteiger partial charge < -0.3 is 10.8 Å². The van der Waals surface area contributed by atoms with E-state index in [1.165, 1.54) is 39.0 Å². The SMILES string of the molecule is C=C.C=C.C=C(/C=C\C(=C/C)C(C)(c1ccccc1)c1ccc(CC2=CC(=N)C(=C)C3=C2C=CCC=C3)cc1)CS(=C)C1CCCC2=C1C=CC(=N)C2=C.CC. The molecule has 3 heteroatoms. The highest BCUT2D eigenvalue weighted by atomic mass is 32.2. The second kappa shape index (κ2) is 21.6. The van der Waals surface area contributed by atoms with Crippen molar-refractivity contribution >= 4 is 27.8 Å². The first kappa shape index (κ1) is 45.0. The van der Waals surface area contributed by atoms with E-state index in [0.717, 1.165) is 65.7 Å². The summed E-state index contributed by atoms with van der Waals surface area (Å²) >= 11 is 0. The zero-order valence-electron chi connectivity index (χ0n) is 34.4. The fourth-order valence-corrected chi connectivity index (χ4v) is 9.52. The monoisotopic (exact) mass is 758 g/mol. The molecule has 0 amide bonds. The Balaban J connectivity index is 0.00000134. The van der Waals surface area contributed by atoms with Gasteiger partial charge in [-0.05, 0) is 119 Å². The van der Waals surface area contributed by atoms with Gasteiger partial charge in [0.2, 0.25) is 0 Å². The minimum atomic E-state index is -0.382. The van der Waals surface area contributed by atoms with E-state index in [4.69, 9.17) is 10.8 Å². The number of hydrogen-bond donors (Lipinski definition) is 2. The molecule has 4 aliphatic rings. The molecule has 0 radical (unpaired) electrons. The van der Waals surface area contributed by atoms with Crippen LogP contribution < -0.4 is 0 Å². The minimum Gasteiger partial charge on any atom is -0.300 e. The maximum absolute atomic E-state index is 8.57. The Hall–Kier alpha value is -5.38. The Morgan fingerprint density at radius 3 is 2.09 bits per heavy atom. The van der Waals surface area contributed by atoms with E-state index in [-0.39, 0.29) is 15.9 Å². The first-order chi connectivity index (χ1) is 27.1. The van der Waals surface area contributed by atoms with E-state index in [0.29, 0.717) is 16.7 Å². The Morgan fingerprint density at radius 2 is 1.45 bits per heavy atom. The lowest BCUT2D eigenvalue weighted by Gasteiger charge is -2.33. The van der Waals surface area contributed by atoms with Crippen LogP contribution in [-0.4, -0.2) is 28.3 Å². The van der Waals surface area contributed by atoms with Crippen LogP contribution in [0.25, 0.3) is 0 Å². The highest BCUT2D eigenvalue weighted by Crippen LogP contribution is 2.43. The summed E-state index contributed by atoms with van der Waals surface area (Å²) in [5, 5.41) is 17.2. The zero-order valence-corrected chi connectivity index (χ0v) is 35.2. The van der Waals surface area contributed by atoms with Crippen LogP contribution in [0.4, 0.5) is 0 Å². The van der Waals surface area contributed by atoms with Gasteiger partial charge in [-0.1, -0.05) is 143 Å². The van der Waals surface area contributed by atoms with Gasteiger partial charge in [0.1, 0.15) is 0 Å². The molecule has 3 atom stereocenters. The number of benzene rings is 2. The van der Waals surface area contributed by atoms with Crippen molar-refractivity contribution in [2.24, 2.45) is 0 Å². The van der Waals surface area contributed by atoms with Gasteiger partial charge in [0.25, 0.3) is 0 Å². The Bertz CT molecular complexity index is 2080. The van der Waals surface area contributed by atoms with Crippen LogP contribution in [0, 0.1) is 10.8 Å². The second-order valence-corrected chi connectivity index (χ2v) is 15.7. The average Bonchev–Trinajstić information content (AvgIpc) is 3.51. The van der Waals surface area contributed by atoms with Crippen molar-refractivity contribution in [3.8, 4) is 0 Å². The van der Waals surface area contributed by atoms with Crippen LogP contribution in [-0.2, 0) is 11.8 Å². The average molecular weight is 759 g/mol. The van der Waals surface area contributed by atoms with E-state index in [1.54, 1.807) is 0 Å². The second-order valence-electron chi connectivity index (χ2n) is 13.8. The third-order valence-corrected chi connectivity index (χ3v) is 12.6. The van der Waals surface area contributed by atoms with Crippen LogP contribution in [0.2, 0.25) is 0 Å². The molecule has 0 saturated carbocycles. The lowest BCUT2D eigenvalue weighted by molar-refractivity contribution is 0.689. The van der Waals surface area contributed by atoms with E-state index >= 15 is 0 Å². The third kappa shape index (κ3) is 10.1. The fourth-order valence-electron chi connectivity index (χ4n) is 7.67. The Kier molecular flexibility index (Phi) is 17.4. The largest absolute Gasteiger partial charge is 0.300 e. The van der Waals surface area contributed by atoms with Gasteiger partial charge in [0.15, 0.2) is 0 Å². The standard InChI is InChI=1S/C47H48N2S.C2H6.2C2H4/c1-7-37(24-21-32(2)31-50(6)46-20-14-19-41-33(3)44(48)28-27-43(41)46)47(5,38-15-10-8-11-16-38)39-25-22-35(23-26-39)29-36-30-45(49)34(4)40-17-12-9-13-18-42(36)40;3*1-2/h7-8,10-13,15-18,21-28,30,46,48-49H,2-4,6,9,14,19-20,29,31H2,1,5H3;1-2H3;2*1-2H2/b24-21-,37-7+,48-44?,49-45?;;;. The molecule has 2 aromatic rings. The molecule has 290 valence electrons. The number of hydrogen-bond acceptors (Lipinski definition) is 2. The van der Waals surface area contributed by atoms with Gasteiger partial charge >= 0.3 is 0 Å². The van der Waals surface area contributed by atoms with Crippen molar-refractivity contribution in [1.29, 1.82) is 10.8 Å². The Morgan fingerprint density at radius 1 is 0.821 bits per heavy atom. The van der Waals surface area contributed by atoms with E-state index < -0.39 is 0 Å². The fraction of sp³-hybridized carbons (Fsp3) is 0.226. The van der Waals surface area contributed by atoms with E-state index in [1.807, 2.05) is 26.0 Å². The first-order valence-corrected chi connectivity index (χ1v) is 21.2. The summed E-state index contributed by atoms with van der Waals surface area (Å²) in [4.78, 5) is 0. The predicted molar refractivity (Wildman–Crippen MR) is 254 cm³/mol. The Labute approximate surface area is 341 Å². The minimum absolute atomic E-state index is 0.130. The van der Waals surface area contributed by atoms with Gasteiger partial charge in [0, 0.05) is 22.0 Å². The molecule has 0 fully saturated rings. The van der Waals surface area contributed by atoms with Crippen LogP contribution >= 0.6 is 10.5 Å². The summed E-state index contributed by atoms with van der Waals surface area (Å²) in [6.45, 7) is 33.3. The highest BCUT2D eigenvalue weighted by molar-refractivity contribution is 8.15. The number of allylic oxidation sites excluding steroid dienone is 17. The number of rotatable bonds is 10. The van der Waals surface area contributed by atoms with E-state index in [2.05, 4.69) is 169 Å².